The minimum absolute atomic E-state index is 0. The van der Waals surface area contributed by atoms with E-state index in [1.165, 1.54) is 12.6 Å². The smallest absolute Gasteiger partial charge is 0.271 e. The van der Waals surface area contributed by atoms with E-state index in [4.69, 9.17) is 5.73 Å². The molecule has 0 spiro atoms. The van der Waals surface area contributed by atoms with E-state index in [0.717, 1.165) is 25.0 Å². The molecule has 1 heterocycles. The molecule has 1 saturated carbocycles. The van der Waals surface area contributed by atoms with Crippen molar-refractivity contribution in [1.29, 1.82) is 0 Å². The Morgan fingerprint density at radius 3 is 2.60 bits per heavy atom. The van der Waals surface area contributed by atoms with Gasteiger partial charge in [-0.25, -0.2) is 4.98 Å². The van der Waals surface area contributed by atoms with E-state index in [-0.39, 0.29) is 36.8 Å². The molecule has 7 heteroatoms. The largest absolute Gasteiger partial charge is 0.348 e. The fourth-order valence-corrected chi connectivity index (χ4v) is 2.43. The lowest BCUT2D eigenvalue weighted by molar-refractivity contribution is 0.0902. The van der Waals surface area contributed by atoms with E-state index in [9.17, 15) is 4.79 Å². The molecule has 1 aromatic rings. The number of halogens is 2. The summed E-state index contributed by atoms with van der Waals surface area (Å²) in [5.41, 5.74) is 6.93. The molecule has 3 N–H and O–H groups in total. The molecule has 1 amide bonds. The molecule has 1 aliphatic rings. The third-order valence-electron chi connectivity index (χ3n) is 3.54. The van der Waals surface area contributed by atoms with Gasteiger partial charge >= 0.3 is 0 Å². The van der Waals surface area contributed by atoms with Crippen molar-refractivity contribution in [3.63, 3.8) is 0 Å². The summed E-state index contributed by atoms with van der Waals surface area (Å²) in [4.78, 5) is 20.2. The highest BCUT2D eigenvalue weighted by Crippen LogP contribution is 2.23. The molecule has 114 valence electrons. The molecule has 0 bridgehead atoms. The highest BCUT2D eigenvalue weighted by atomic mass is 35.5. The first-order valence-electron chi connectivity index (χ1n) is 6.50. The van der Waals surface area contributed by atoms with Crippen LogP contribution in [0.3, 0.4) is 0 Å². The Labute approximate surface area is 132 Å². The molecular formula is C13H22Cl2N4O. The van der Waals surface area contributed by atoms with Crippen LogP contribution in [0, 0.1) is 12.8 Å². The first-order valence-corrected chi connectivity index (χ1v) is 6.50. The lowest BCUT2D eigenvalue weighted by Crippen LogP contribution is -2.44. The van der Waals surface area contributed by atoms with Gasteiger partial charge in [-0.15, -0.1) is 24.8 Å². The second-order valence-electron chi connectivity index (χ2n) is 4.90. The van der Waals surface area contributed by atoms with E-state index in [1.54, 1.807) is 6.20 Å². The van der Waals surface area contributed by atoms with Gasteiger partial charge < -0.3 is 11.1 Å². The van der Waals surface area contributed by atoms with Crippen molar-refractivity contribution in [2.45, 2.75) is 38.6 Å². The Bertz CT molecular complexity index is 413. The van der Waals surface area contributed by atoms with Gasteiger partial charge in [-0.3, -0.25) is 9.78 Å². The van der Waals surface area contributed by atoms with Gasteiger partial charge in [0.05, 0.1) is 11.9 Å². The summed E-state index contributed by atoms with van der Waals surface area (Å²) in [6.07, 6.45) is 7.59. The topological polar surface area (TPSA) is 80.9 Å². The standard InChI is InChI=1S/C13H20N4O.2ClH/c1-9-7-16-12(8-15-9)13(18)17-11-5-3-2-4-10(11)6-14;;/h7-8,10-11H,2-6,14H2,1H3,(H,17,18);2*1H. The van der Waals surface area contributed by atoms with Crippen molar-refractivity contribution >= 4 is 30.7 Å². The molecule has 0 aromatic carbocycles. The zero-order valence-corrected chi connectivity index (χ0v) is 13.2. The predicted octanol–water partition coefficient (Wildman–Crippen LogP) is 1.88. The van der Waals surface area contributed by atoms with Crippen LogP contribution in [0.5, 0.6) is 0 Å². The van der Waals surface area contributed by atoms with Gasteiger partial charge in [0.15, 0.2) is 0 Å². The van der Waals surface area contributed by atoms with Crippen molar-refractivity contribution in [2.24, 2.45) is 11.7 Å². The Kier molecular flexibility index (Phi) is 8.69. The Hall–Kier alpha value is -0.910. The molecule has 2 unspecified atom stereocenters. The van der Waals surface area contributed by atoms with Crippen LogP contribution in [0.15, 0.2) is 12.4 Å². The fraction of sp³-hybridized carbons (Fsp3) is 0.615. The average molecular weight is 321 g/mol. The molecule has 0 aliphatic heterocycles. The second kappa shape index (κ2) is 9.10. The lowest BCUT2D eigenvalue weighted by Gasteiger charge is -2.31. The van der Waals surface area contributed by atoms with Crippen molar-refractivity contribution in [3.8, 4) is 0 Å². The van der Waals surface area contributed by atoms with Crippen LogP contribution >= 0.6 is 24.8 Å². The Balaban J connectivity index is 0.00000180. The average Bonchev–Trinajstić information content (AvgIpc) is 2.40. The number of carbonyl (C=O) groups is 1. The number of amides is 1. The number of nitrogens with zero attached hydrogens (tertiary/aromatic N) is 2. The van der Waals surface area contributed by atoms with Crippen LogP contribution in [-0.4, -0.2) is 28.5 Å². The van der Waals surface area contributed by atoms with Gasteiger partial charge in [-0.2, -0.15) is 0 Å². The van der Waals surface area contributed by atoms with E-state index in [0.29, 0.717) is 18.2 Å². The molecule has 2 atom stereocenters. The van der Waals surface area contributed by atoms with Gasteiger partial charge in [-0.05, 0) is 32.2 Å². The van der Waals surface area contributed by atoms with Crippen LogP contribution in [0.2, 0.25) is 0 Å². The van der Waals surface area contributed by atoms with Crippen LogP contribution in [0.25, 0.3) is 0 Å². The van der Waals surface area contributed by atoms with Crippen molar-refractivity contribution in [2.75, 3.05) is 6.54 Å². The molecular weight excluding hydrogens is 299 g/mol. The maximum absolute atomic E-state index is 12.0. The van der Waals surface area contributed by atoms with Crippen LogP contribution < -0.4 is 11.1 Å². The van der Waals surface area contributed by atoms with E-state index < -0.39 is 0 Å². The van der Waals surface area contributed by atoms with E-state index >= 15 is 0 Å². The minimum atomic E-state index is -0.146. The zero-order valence-electron chi connectivity index (χ0n) is 11.5. The van der Waals surface area contributed by atoms with Gasteiger partial charge in [0.1, 0.15) is 5.69 Å². The molecule has 20 heavy (non-hydrogen) atoms. The minimum Gasteiger partial charge on any atom is -0.348 e. The molecule has 0 saturated heterocycles. The Morgan fingerprint density at radius 2 is 2.00 bits per heavy atom. The van der Waals surface area contributed by atoms with Crippen molar-refractivity contribution < 1.29 is 4.79 Å². The Morgan fingerprint density at radius 1 is 1.30 bits per heavy atom. The van der Waals surface area contributed by atoms with Crippen molar-refractivity contribution in [3.05, 3.63) is 23.8 Å². The third-order valence-corrected chi connectivity index (χ3v) is 3.54. The summed E-state index contributed by atoms with van der Waals surface area (Å²) in [6, 6.07) is 0.180. The number of hydrogen-bond acceptors (Lipinski definition) is 4. The maximum atomic E-state index is 12.0. The highest BCUT2D eigenvalue weighted by Gasteiger charge is 2.25. The number of aromatic nitrogens is 2. The van der Waals surface area contributed by atoms with Gasteiger partial charge in [-0.1, -0.05) is 12.8 Å². The third kappa shape index (κ3) is 4.89. The second-order valence-corrected chi connectivity index (χ2v) is 4.90. The van der Waals surface area contributed by atoms with Crippen molar-refractivity contribution in [1.82, 2.24) is 15.3 Å². The maximum Gasteiger partial charge on any atom is 0.271 e. The number of aryl methyl sites for hydroxylation is 1. The zero-order chi connectivity index (χ0) is 13.0. The molecule has 1 aromatic heterocycles. The summed E-state index contributed by atoms with van der Waals surface area (Å²) in [6.45, 7) is 2.48. The SMILES string of the molecule is Cc1cnc(C(=O)NC2CCCCC2CN)cn1.Cl.Cl. The number of carbonyl (C=O) groups excluding carboxylic acids is 1. The molecule has 1 aliphatic carbocycles. The monoisotopic (exact) mass is 320 g/mol. The first-order chi connectivity index (χ1) is 8.70. The molecule has 5 nitrogen and oxygen atoms in total. The van der Waals surface area contributed by atoms with Gasteiger partial charge in [0, 0.05) is 12.2 Å². The summed E-state index contributed by atoms with van der Waals surface area (Å²) in [5.74, 6) is 0.244. The number of rotatable bonds is 3. The molecule has 0 radical (unpaired) electrons. The number of hydrogen-bond donors (Lipinski definition) is 2. The van der Waals surface area contributed by atoms with E-state index in [2.05, 4.69) is 15.3 Å². The fourth-order valence-electron chi connectivity index (χ4n) is 2.43. The van der Waals surface area contributed by atoms with E-state index in [1.807, 2.05) is 6.92 Å². The summed E-state index contributed by atoms with van der Waals surface area (Å²) >= 11 is 0. The summed E-state index contributed by atoms with van der Waals surface area (Å²) < 4.78 is 0. The highest BCUT2D eigenvalue weighted by molar-refractivity contribution is 5.92. The first kappa shape index (κ1) is 19.1. The van der Waals surface area contributed by atoms with Crippen LogP contribution in [-0.2, 0) is 0 Å². The summed E-state index contributed by atoms with van der Waals surface area (Å²) in [5, 5.41) is 3.03. The molecule has 1 fully saturated rings. The number of nitrogens with two attached hydrogens (primary N) is 1. The van der Waals surface area contributed by atoms with Crippen LogP contribution in [0.4, 0.5) is 0 Å². The van der Waals surface area contributed by atoms with Crippen LogP contribution in [0.1, 0.15) is 41.9 Å². The lowest BCUT2D eigenvalue weighted by atomic mass is 9.84. The summed E-state index contributed by atoms with van der Waals surface area (Å²) in [7, 11) is 0. The normalized spacial score (nSPS) is 21.3. The quantitative estimate of drug-likeness (QED) is 0.891. The molecule has 2 rings (SSSR count). The predicted molar refractivity (Wildman–Crippen MR) is 83.5 cm³/mol. The van der Waals surface area contributed by atoms with Gasteiger partial charge in [0.25, 0.3) is 5.91 Å². The number of nitrogens with one attached hydrogen (secondary N) is 1. The van der Waals surface area contributed by atoms with Gasteiger partial charge in [0.2, 0.25) is 0 Å².